The van der Waals surface area contributed by atoms with Crippen LogP contribution in [-0.4, -0.2) is 22.4 Å². The highest BCUT2D eigenvalue weighted by Crippen LogP contribution is 2.48. The number of hydrogen-bond donors (Lipinski definition) is 1. The zero-order valence-electron chi connectivity index (χ0n) is 13.5. The van der Waals surface area contributed by atoms with E-state index in [9.17, 15) is 4.79 Å². The van der Waals surface area contributed by atoms with E-state index in [1.165, 1.54) is 11.1 Å². The molecule has 114 valence electrons. The van der Waals surface area contributed by atoms with Crippen molar-refractivity contribution in [3.05, 3.63) is 35.4 Å². The first-order valence-corrected chi connectivity index (χ1v) is 8.16. The largest absolute Gasteiger partial charge is 0.318 e. The summed E-state index contributed by atoms with van der Waals surface area (Å²) in [5, 5.41) is 3.64. The molecule has 2 fully saturated rings. The average Bonchev–Trinajstić information content (AvgIpc) is 3.17. The van der Waals surface area contributed by atoms with Crippen LogP contribution >= 0.6 is 0 Å². The van der Waals surface area contributed by atoms with Gasteiger partial charge in [-0.25, -0.2) is 0 Å². The standard InChI is InChI=1S/C18H26N2O/c1-5-15(12(2)3)20-16(14-9-7-6-8-13(14)4)19-18(10-11-18)17(20)21/h6-9,12,15-16,19H,5,10-11H2,1-4H3. The maximum Gasteiger partial charge on any atom is 0.244 e. The van der Waals surface area contributed by atoms with Crippen LogP contribution in [0, 0.1) is 12.8 Å². The zero-order chi connectivity index (χ0) is 15.2. The summed E-state index contributed by atoms with van der Waals surface area (Å²) in [7, 11) is 0. The molecule has 3 heteroatoms. The van der Waals surface area contributed by atoms with Gasteiger partial charge in [0.15, 0.2) is 0 Å². The number of nitrogens with zero attached hydrogens (tertiary/aromatic N) is 1. The SMILES string of the molecule is CCC(C(C)C)N1C(=O)C2(CC2)NC1c1ccccc1C. The lowest BCUT2D eigenvalue weighted by molar-refractivity contribution is -0.134. The summed E-state index contributed by atoms with van der Waals surface area (Å²) in [6.07, 6.45) is 3.01. The minimum Gasteiger partial charge on any atom is -0.318 e. The van der Waals surface area contributed by atoms with Gasteiger partial charge in [0.1, 0.15) is 11.7 Å². The van der Waals surface area contributed by atoms with Gasteiger partial charge in [0.2, 0.25) is 5.91 Å². The van der Waals surface area contributed by atoms with Crippen LogP contribution in [0.25, 0.3) is 0 Å². The van der Waals surface area contributed by atoms with Crippen molar-refractivity contribution in [1.82, 2.24) is 10.2 Å². The Morgan fingerprint density at radius 3 is 2.52 bits per heavy atom. The van der Waals surface area contributed by atoms with Gasteiger partial charge < -0.3 is 4.90 Å². The van der Waals surface area contributed by atoms with E-state index in [0.29, 0.717) is 17.9 Å². The number of aryl methyl sites for hydroxylation is 1. The smallest absolute Gasteiger partial charge is 0.244 e. The van der Waals surface area contributed by atoms with Gasteiger partial charge in [-0.1, -0.05) is 45.0 Å². The Bertz CT molecular complexity index is 548. The fourth-order valence-corrected chi connectivity index (χ4v) is 3.69. The molecular formula is C18H26N2O. The van der Waals surface area contributed by atoms with E-state index in [2.05, 4.69) is 62.2 Å². The molecule has 3 rings (SSSR count). The molecule has 1 amide bonds. The van der Waals surface area contributed by atoms with E-state index in [-0.39, 0.29) is 11.7 Å². The van der Waals surface area contributed by atoms with Gasteiger partial charge in [-0.3, -0.25) is 10.1 Å². The van der Waals surface area contributed by atoms with Gasteiger partial charge in [0, 0.05) is 6.04 Å². The van der Waals surface area contributed by atoms with Crippen molar-refractivity contribution in [2.45, 2.75) is 64.7 Å². The Labute approximate surface area is 127 Å². The van der Waals surface area contributed by atoms with Crippen LogP contribution in [-0.2, 0) is 4.79 Å². The zero-order valence-corrected chi connectivity index (χ0v) is 13.5. The van der Waals surface area contributed by atoms with Crippen LogP contribution in [0.2, 0.25) is 0 Å². The number of nitrogens with one attached hydrogen (secondary N) is 1. The van der Waals surface area contributed by atoms with Crippen molar-refractivity contribution in [1.29, 1.82) is 0 Å². The third-order valence-corrected chi connectivity index (χ3v) is 5.11. The van der Waals surface area contributed by atoms with Crippen molar-refractivity contribution >= 4 is 5.91 Å². The molecule has 2 aliphatic rings. The first kappa shape index (κ1) is 14.6. The molecule has 1 N–H and O–H groups in total. The first-order valence-electron chi connectivity index (χ1n) is 8.16. The Hall–Kier alpha value is -1.35. The molecular weight excluding hydrogens is 260 g/mol. The quantitative estimate of drug-likeness (QED) is 0.920. The summed E-state index contributed by atoms with van der Waals surface area (Å²) >= 11 is 0. The minimum atomic E-state index is -0.255. The second-order valence-electron chi connectivity index (χ2n) is 6.92. The topological polar surface area (TPSA) is 32.3 Å². The Morgan fingerprint density at radius 2 is 2.00 bits per heavy atom. The van der Waals surface area contributed by atoms with Gasteiger partial charge in [0.05, 0.1) is 0 Å². The van der Waals surface area contributed by atoms with Crippen molar-refractivity contribution < 1.29 is 4.79 Å². The normalized spacial score (nSPS) is 24.9. The Kier molecular flexibility index (Phi) is 3.56. The van der Waals surface area contributed by atoms with Crippen molar-refractivity contribution in [3.8, 4) is 0 Å². The number of amides is 1. The lowest BCUT2D eigenvalue weighted by Crippen LogP contribution is -2.43. The Morgan fingerprint density at radius 1 is 1.33 bits per heavy atom. The van der Waals surface area contributed by atoms with E-state index >= 15 is 0 Å². The molecule has 1 aromatic rings. The monoisotopic (exact) mass is 286 g/mol. The maximum absolute atomic E-state index is 13.0. The molecule has 1 aliphatic heterocycles. The van der Waals surface area contributed by atoms with Crippen molar-refractivity contribution in [2.24, 2.45) is 5.92 Å². The molecule has 1 aromatic carbocycles. The van der Waals surface area contributed by atoms with Gasteiger partial charge in [0.25, 0.3) is 0 Å². The highest BCUT2D eigenvalue weighted by Gasteiger charge is 2.60. The highest BCUT2D eigenvalue weighted by atomic mass is 16.2. The number of benzene rings is 1. The predicted molar refractivity (Wildman–Crippen MR) is 84.8 cm³/mol. The fourth-order valence-electron chi connectivity index (χ4n) is 3.69. The molecule has 1 saturated carbocycles. The summed E-state index contributed by atoms with van der Waals surface area (Å²) < 4.78 is 0. The third kappa shape index (κ3) is 2.28. The van der Waals surface area contributed by atoms with E-state index in [0.717, 1.165) is 19.3 Å². The van der Waals surface area contributed by atoms with Gasteiger partial charge in [-0.15, -0.1) is 0 Å². The number of carbonyl (C=O) groups is 1. The predicted octanol–water partition coefficient (Wildman–Crippen LogP) is 3.39. The number of rotatable bonds is 4. The van der Waals surface area contributed by atoms with Crippen LogP contribution in [0.15, 0.2) is 24.3 Å². The highest BCUT2D eigenvalue weighted by molar-refractivity contribution is 5.92. The molecule has 1 spiro atoms. The second-order valence-corrected chi connectivity index (χ2v) is 6.92. The number of carbonyl (C=O) groups excluding carboxylic acids is 1. The summed E-state index contributed by atoms with van der Waals surface area (Å²) in [6, 6.07) is 8.72. The lowest BCUT2D eigenvalue weighted by atomic mass is 9.97. The van der Waals surface area contributed by atoms with Crippen LogP contribution in [0.5, 0.6) is 0 Å². The second kappa shape index (κ2) is 5.13. The summed E-state index contributed by atoms with van der Waals surface area (Å²) in [6.45, 7) is 8.75. The van der Waals surface area contributed by atoms with E-state index in [1.807, 2.05) is 0 Å². The first-order chi connectivity index (χ1) is 10.00. The van der Waals surface area contributed by atoms with E-state index < -0.39 is 0 Å². The van der Waals surface area contributed by atoms with Crippen LogP contribution in [0.1, 0.15) is 57.3 Å². The fraction of sp³-hybridized carbons (Fsp3) is 0.611. The Balaban J connectivity index is 2.01. The van der Waals surface area contributed by atoms with Crippen LogP contribution in [0.3, 0.4) is 0 Å². The van der Waals surface area contributed by atoms with Gasteiger partial charge in [-0.2, -0.15) is 0 Å². The third-order valence-electron chi connectivity index (χ3n) is 5.11. The molecule has 1 heterocycles. The van der Waals surface area contributed by atoms with E-state index in [1.54, 1.807) is 0 Å². The van der Waals surface area contributed by atoms with Crippen molar-refractivity contribution in [3.63, 3.8) is 0 Å². The molecule has 1 aliphatic carbocycles. The lowest BCUT2D eigenvalue weighted by Gasteiger charge is -2.35. The molecule has 2 unspecified atom stereocenters. The molecule has 0 aromatic heterocycles. The van der Waals surface area contributed by atoms with Crippen LogP contribution < -0.4 is 5.32 Å². The summed E-state index contributed by atoms with van der Waals surface area (Å²) in [4.78, 5) is 15.1. The average molecular weight is 286 g/mol. The molecule has 21 heavy (non-hydrogen) atoms. The molecule has 1 saturated heterocycles. The van der Waals surface area contributed by atoms with E-state index in [4.69, 9.17) is 0 Å². The summed E-state index contributed by atoms with van der Waals surface area (Å²) in [5.41, 5.74) is 2.24. The van der Waals surface area contributed by atoms with Gasteiger partial charge in [-0.05, 0) is 43.2 Å². The summed E-state index contributed by atoms with van der Waals surface area (Å²) in [5.74, 6) is 0.789. The minimum absolute atomic E-state index is 0.0357. The van der Waals surface area contributed by atoms with Crippen LogP contribution in [0.4, 0.5) is 0 Å². The van der Waals surface area contributed by atoms with Gasteiger partial charge >= 0.3 is 0 Å². The number of hydrogen-bond acceptors (Lipinski definition) is 2. The molecule has 2 atom stereocenters. The maximum atomic E-state index is 13.0. The molecule has 0 radical (unpaired) electrons. The molecule has 0 bridgehead atoms. The molecule has 3 nitrogen and oxygen atoms in total. The van der Waals surface area contributed by atoms with Crippen molar-refractivity contribution in [2.75, 3.05) is 0 Å².